The van der Waals surface area contributed by atoms with Crippen LogP contribution < -0.4 is 0 Å². The fourth-order valence-electron chi connectivity index (χ4n) is 2.48. The van der Waals surface area contributed by atoms with Crippen LogP contribution in [0.5, 0.6) is 0 Å². The Morgan fingerprint density at radius 1 is 0.960 bits per heavy atom. The highest BCUT2D eigenvalue weighted by molar-refractivity contribution is 5.77. The van der Waals surface area contributed by atoms with E-state index in [-0.39, 0.29) is 30.7 Å². The molecule has 0 aromatic heterocycles. The van der Waals surface area contributed by atoms with Crippen molar-refractivity contribution < 1.29 is 18.7 Å². The van der Waals surface area contributed by atoms with Gasteiger partial charge in [0.1, 0.15) is 5.82 Å². The van der Waals surface area contributed by atoms with E-state index in [4.69, 9.17) is 0 Å². The highest BCUT2D eigenvalue weighted by atomic mass is 19.1. The topological polar surface area (TPSA) is 46.6 Å². The Bertz CT molecular complexity index is 686. The highest BCUT2D eigenvalue weighted by Gasteiger charge is 2.16. The van der Waals surface area contributed by atoms with E-state index < -0.39 is 0 Å². The maximum atomic E-state index is 13.0. The van der Waals surface area contributed by atoms with Gasteiger partial charge in [-0.1, -0.05) is 42.5 Å². The Kier molecular flexibility index (Phi) is 7.14. The largest absolute Gasteiger partial charge is 0.469 e. The minimum absolute atomic E-state index is 0.0444. The minimum atomic E-state index is -0.361. The molecule has 2 aromatic carbocycles. The first-order valence-corrected chi connectivity index (χ1v) is 8.21. The number of amides is 1. The molecule has 0 aliphatic heterocycles. The van der Waals surface area contributed by atoms with Crippen molar-refractivity contribution in [3.63, 3.8) is 0 Å². The lowest BCUT2D eigenvalue weighted by Gasteiger charge is -2.22. The van der Waals surface area contributed by atoms with E-state index in [1.54, 1.807) is 17.0 Å². The van der Waals surface area contributed by atoms with E-state index in [0.29, 0.717) is 19.4 Å². The maximum Gasteiger partial charge on any atom is 0.307 e. The van der Waals surface area contributed by atoms with E-state index in [0.717, 1.165) is 11.1 Å². The average molecular weight is 343 g/mol. The zero-order valence-electron chi connectivity index (χ0n) is 14.3. The van der Waals surface area contributed by atoms with Gasteiger partial charge in [-0.15, -0.1) is 0 Å². The van der Waals surface area contributed by atoms with Gasteiger partial charge in [-0.2, -0.15) is 0 Å². The van der Waals surface area contributed by atoms with Gasteiger partial charge in [0.2, 0.25) is 5.91 Å². The lowest BCUT2D eigenvalue weighted by molar-refractivity contribution is -0.141. The van der Waals surface area contributed by atoms with Crippen molar-refractivity contribution in [2.75, 3.05) is 13.7 Å². The molecule has 0 radical (unpaired) electrons. The van der Waals surface area contributed by atoms with Gasteiger partial charge in [0, 0.05) is 19.5 Å². The van der Waals surface area contributed by atoms with Crippen LogP contribution in [-0.4, -0.2) is 30.4 Å². The third-order valence-electron chi connectivity index (χ3n) is 3.92. The van der Waals surface area contributed by atoms with E-state index in [2.05, 4.69) is 4.74 Å². The summed E-state index contributed by atoms with van der Waals surface area (Å²) in [5.74, 6) is -0.725. The van der Waals surface area contributed by atoms with Crippen molar-refractivity contribution in [2.24, 2.45) is 0 Å². The molecule has 25 heavy (non-hydrogen) atoms. The molecule has 0 N–H and O–H groups in total. The second-order valence-corrected chi connectivity index (χ2v) is 5.75. The molecule has 1 amide bonds. The standard InChI is InChI=1S/C20H22FNO3/c1-25-20(24)13-14-22(15-17-7-10-18(21)11-8-17)19(23)12-9-16-5-3-2-4-6-16/h2-8,10-11H,9,12-15H2,1H3. The van der Waals surface area contributed by atoms with E-state index >= 15 is 0 Å². The molecular formula is C20H22FNO3. The normalized spacial score (nSPS) is 10.3. The summed E-state index contributed by atoms with van der Waals surface area (Å²) in [4.78, 5) is 25.6. The molecule has 2 rings (SSSR count). The van der Waals surface area contributed by atoms with Crippen LogP contribution in [0.15, 0.2) is 54.6 Å². The molecule has 5 heteroatoms. The molecule has 0 saturated heterocycles. The van der Waals surface area contributed by atoms with Crippen molar-refractivity contribution in [1.82, 2.24) is 4.90 Å². The monoisotopic (exact) mass is 343 g/mol. The summed E-state index contributed by atoms with van der Waals surface area (Å²) in [5.41, 5.74) is 1.91. The van der Waals surface area contributed by atoms with E-state index in [9.17, 15) is 14.0 Å². The number of carbonyl (C=O) groups excluding carboxylic acids is 2. The second kappa shape index (κ2) is 9.57. The Balaban J connectivity index is 1.99. The zero-order chi connectivity index (χ0) is 18.1. The Morgan fingerprint density at radius 2 is 1.64 bits per heavy atom. The third kappa shape index (κ3) is 6.37. The first kappa shape index (κ1) is 18.6. The number of ether oxygens (including phenoxy) is 1. The molecule has 0 spiro atoms. The molecule has 132 valence electrons. The molecule has 0 aliphatic rings. The van der Waals surface area contributed by atoms with Gasteiger partial charge < -0.3 is 9.64 Å². The maximum absolute atomic E-state index is 13.0. The fraction of sp³-hybridized carbons (Fsp3) is 0.300. The Morgan fingerprint density at radius 3 is 2.28 bits per heavy atom. The number of nitrogens with zero attached hydrogens (tertiary/aromatic N) is 1. The van der Waals surface area contributed by atoms with Crippen molar-refractivity contribution in [3.05, 3.63) is 71.5 Å². The Hall–Kier alpha value is -2.69. The zero-order valence-corrected chi connectivity index (χ0v) is 14.3. The summed E-state index contributed by atoms with van der Waals surface area (Å²) in [5, 5.41) is 0. The third-order valence-corrected chi connectivity index (χ3v) is 3.92. The lowest BCUT2D eigenvalue weighted by atomic mass is 10.1. The number of halogens is 1. The SMILES string of the molecule is COC(=O)CCN(Cc1ccc(F)cc1)C(=O)CCc1ccccc1. The number of hydrogen-bond donors (Lipinski definition) is 0. The summed E-state index contributed by atoms with van der Waals surface area (Å²) in [6.45, 7) is 0.614. The van der Waals surface area contributed by atoms with E-state index in [1.165, 1.54) is 19.2 Å². The summed E-state index contributed by atoms with van der Waals surface area (Å²) >= 11 is 0. The van der Waals surface area contributed by atoms with Gasteiger partial charge in [-0.05, 0) is 29.7 Å². The quantitative estimate of drug-likeness (QED) is 0.691. The Labute approximate surface area is 147 Å². The second-order valence-electron chi connectivity index (χ2n) is 5.75. The molecule has 0 saturated carbocycles. The van der Waals surface area contributed by atoms with E-state index in [1.807, 2.05) is 30.3 Å². The molecule has 0 heterocycles. The summed E-state index contributed by atoms with van der Waals surface area (Å²) in [6, 6.07) is 15.8. The number of hydrogen-bond acceptors (Lipinski definition) is 3. The molecule has 0 atom stereocenters. The van der Waals surface area contributed by atoms with Crippen LogP contribution in [0.2, 0.25) is 0 Å². The van der Waals surface area contributed by atoms with Crippen LogP contribution in [0.3, 0.4) is 0 Å². The van der Waals surface area contributed by atoms with Gasteiger partial charge in [-0.25, -0.2) is 4.39 Å². The predicted octanol–water partition coefficient (Wildman–Crippen LogP) is 3.35. The highest BCUT2D eigenvalue weighted by Crippen LogP contribution is 2.11. The van der Waals surface area contributed by atoms with Gasteiger partial charge in [0.25, 0.3) is 0 Å². The molecule has 4 nitrogen and oxygen atoms in total. The lowest BCUT2D eigenvalue weighted by Crippen LogP contribution is -2.33. The van der Waals surface area contributed by atoms with Gasteiger partial charge in [0.05, 0.1) is 13.5 Å². The van der Waals surface area contributed by atoms with Crippen LogP contribution in [-0.2, 0) is 27.3 Å². The van der Waals surface area contributed by atoms with Gasteiger partial charge in [0.15, 0.2) is 0 Å². The number of aryl methyl sites for hydroxylation is 1. The molecule has 0 fully saturated rings. The first-order valence-electron chi connectivity index (χ1n) is 8.21. The molecule has 0 aliphatic carbocycles. The predicted molar refractivity (Wildman–Crippen MR) is 93.2 cm³/mol. The minimum Gasteiger partial charge on any atom is -0.469 e. The smallest absolute Gasteiger partial charge is 0.307 e. The molecule has 2 aromatic rings. The number of methoxy groups -OCH3 is 1. The van der Waals surface area contributed by atoms with Crippen LogP contribution in [0, 0.1) is 5.82 Å². The number of benzene rings is 2. The van der Waals surface area contributed by atoms with Crippen molar-refractivity contribution >= 4 is 11.9 Å². The van der Waals surface area contributed by atoms with Crippen LogP contribution in [0.25, 0.3) is 0 Å². The summed E-state index contributed by atoms with van der Waals surface area (Å²) in [7, 11) is 1.32. The number of rotatable bonds is 8. The summed E-state index contributed by atoms with van der Waals surface area (Å²) < 4.78 is 17.7. The first-order chi connectivity index (χ1) is 12.1. The number of carbonyl (C=O) groups is 2. The number of esters is 1. The van der Waals surface area contributed by atoms with Gasteiger partial charge >= 0.3 is 5.97 Å². The van der Waals surface area contributed by atoms with Crippen molar-refractivity contribution in [2.45, 2.75) is 25.8 Å². The van der Waals surface area contributed by atoms with Crippen LogP contribution in [0.1, 0.15) is 24.0 Å². The summed E-state index contributed by atoms with van der Waals surface area (Å²) in [6.07, 6.45) is 1.12. The molecular weight excluding hydrogens is 321 g/mol. The molecule has 0 unspecified atom stereocenters. The fourth-order valence-corrected chi connectivity index (χ4v) is 2.48. The van der Waals surface area contributed by atoms with Crippen LogP contribution >= 0.6 is 0 Å². The van der Waals surface area contributed by atoms with Crippen molar-refractivity contribution in [1.29, 1.82) is 0 Å². The average Bonchev–Trinajstić information content (AvgIpc) is 2.65. The van der Waals surface area contributed by atoms with Crippen molar-refractivity contribution in [3.8, 4) is 0 Å². The van der Waals surface area contributed by atoms with Crippen LogP contribution in [0.4, 0.5) is 4.39 Å². The molecule has 0 bridgehead atoms. The van der Waals surface area contributed by atoms with Gasteiger partial charge in [-0.3, -0.25) is 9.59 Å².